The van der Waals surface area contributed by atoms with Crippen molar-refractivity contribution >= 4 is 29.1 Å². The van der Waals surface area contributed by atoms with Crippen molar-refractivity contribution in [3.63, 3.8) is 0 Å². The van der Waals surface area contributed by atoms with Gasteiger partial charge in [-0.25, -0.2) is 0 Å². The van der Waals surface area contributed by atoms with E-state index >= 15 is 0 Å². The summed E-state index contributed by atoms with van der Waals surface area (Å²) in [7, 11) is 1.50. The number of likely N-dealkylation sites (tertiary alicyclic amines) is 1. The monoisotopic (exact) mass is 338 g/mol. The Kier molecular flexibility index (Phi) is 5.52. The van der Waals surface area contributed by atoms with Gasteiger partial charge < -0.3 is 15.0 Å². The summed E-state index contributed by atoms with van der Waals surface area (Å²) in [6.07, 6.45) is 1.13. The summed E-state index contributed by atoms with van der Waals surface area (Å²) < 4.78 is 5.33. The lowest BCUT2D eigenvalue weighted by Crippen LogP contribution is -2.42. The molecule has 126 valence electrons. The molecule has 0 spiro atoms. The van der Waals surface area contributed by atoms with Crippen molar-refractivity contribution in [2.45, 2.75) is 27.2 Å². The number of hydrogen-bond acceptors (Lipinski definition) is 3. The zero-order chi connectivity index (χ0) is 17.1. The Morgan fingerprint density at radius 3 is 2.39 bits per heavy atom. The van der Waals surface area contributed by atoms with E-state index in [1.807, 2.05) is 4.90 Å². The van der Waals surface area contributed by atoms with Crippen molar-refractivity contribution in [2.75, 3.05) is 25.5 Å². The molecule has 23 heavy (non-hydrogen) atoms. The number of carbonyl (C=O) groups is 2. The van der Waals surface area contributed by atoms with Crippen LogP contribution in [0.15, 0.2) is 12.1 Å². The molecule has 6 heteroatoms. The number of carbonyl (C=O) groups excluding carboxylic acids is 2. The molecule has 0 radical (unpaired) electrons. The van der Waals surface area contributed by atoms with Crippen LogP contribution < -0.4 is 10.1 Å². The van der Waals surface area contributed by atoms with Crippen LogP contribution in [0, 0.1) is 11.8 Å². The van der Waals surface area contributed by atoms with E-state index in [1.54, 1.807) is 12.1 Å². The highest BCUT2D eigenvalue weighted by Gasteiger charge is 2.28. The van der Waals surface area contributed by atoms with E-state index in [0.29, 0.717) is 33.9 Å². The molecule has 0 bridgehead atoms. The standard InChI is InChI=1S/C17H23ClN2O3/c1-10-5-11(2)9-20(8-10)17(22)13-6-14(18)15(19-12(3)21)7-16(13)23-4/h6-7,10-11H,5,8-9H2,1-4H3,(H,19,21). The Balaban J connectivity index is 2.32. The molecule has 2 unspecified atom stereocenters. The topological polar surface area (TPSA) is 58.6 Å². The first-order valence-corrected chi connectivity index (χ1v) is 8.14. The number of piperidine rings is 1. The van der Waals surface area contributed by atoms with Crippen LogP contribution in [-0.4, -0.2) is 36.9 Å². The Labute approximate surface area is 141 Å². The third-order valence-electron chi connectivity index (χ3n) is 3.99. The summed E-state index contributed by atoms with van der Waals surface area (Å²) in [4.78, 5) is 25.9. The van der Waals surface area contributed by atoms with Crippen molar-refractivity contribution in [3.05, 3.63) is 22.7 Å². The predicted octanol–water partition coefficient (Wildman–Crippen LogP) is 3.43. The fourth-order valence-electron chi connectivity index (χ4n) is 3.17. The van der Waals surface area contributed by atoms with E-state index in [2.05, 4.69) is 19.2 Å². The molecule has 5 nitrogen and oxygen atoms in total. The van der Waals surface area contributed by atoms with Crippen LogP contribution in [0.5, 0.6) is 5.75 Å². The number of benzene rings is 1. The zero-order valence-corrected chi connectivity index (χ0v) is 14.7. The molecular weight excluding hydrogens is 316 g/mol. The minimum absolute atomic E-state index is 0.0866. The molecule has 1 fully saturated rings. The summed E-state index contributed by atoms with van der Waals surface area (Å²) in [5, 5.41) is 2.95. The highest BCUT2D eigenvalue weighted by Crippen LogP contribution is 2.33. The molecule has 2 atom stereocenters. The fourth-order valence-corrected chi connectivity index (χ4v) is 3.38. The summed E-state index contributed by atoms with van der Waals surface area (Å²) in [5.41, 5.74) is 0.862. The average Bonchev–Trinajstić information content (AvgIpc) is 2.46. The maximum absolute atomic E-state index is 12.9. The third-order valence-corrected chi connectivity index (χ3v) is 4.30. The molecule has 1 aromatic rings. The molecule has 1 saturated heterocycles. The lowest BCUT2D eigenvalue weighted by molar-refractivity contribution is -0.114. The second-order valence-electron chi connectivity index (χ2n) is 6.37. The molecule has 2 amide bonds. The van der Waals surface area contributed by atoms with Gasteiger partial charge in [0.25, 0.3) is 5.91 Å². The molecule has 0 aliphatic carbocycles. The zero-order valence-electron chi connectivity index (χ0n) is 14.0. The Bertz CT molecular complexity index is 608. The molecule has 0 saturated carbocycles. The molecule has 2 rings (SSSR count). The van der Waals surface area contributed by atoms with E-state index in [1.165, 1.54) is 14.0 Å². The number of hydrogen-bond donors (Lipinski definition) is 1. The summed E-state index contributed by atoms with van der Waals surface area (Å²) in [6, 6.07) is 3.16. The van der Waals surface area contributed by atoms with Crippen molar-refractivity contribution < 1.29 is 14.3 Å². The van der Waals surface area contributed by atoms with Gasteiger partial charge >= 0.3 is 0 Å². The molecule has 1 heterocycles. The van der Waals surface area contributed by atoms with Gasteiger partial charge in [-0.05, 0) is 24.3 Å². The summed E-state index contributed by atoms with van der Waals surface area (Å²) >= 11 is 6.20. The van der Waals surface area contributed by atoms with Crippen LogP contribution in [0.3, 0.4) is 0 Å². The van der Waals surface area contributed by atoms with E-state index in [4.69, 9.17) is 16.3 Å². The van der Waals surface area contributed by atoms with Gasteiger partial charge in [-0.15, -0.1) is 0 Å². The minimum Gasteiger partial charge on any atom is -0.496 e. The van der Waals surface area contributed by atoms with E-state index < -0.39 is 0 Å². The van der Waals surface area contributed by atoms with Crippen molar-refractivity contribution in [3.8, 4) is 5.75 Å². The van der Waals surface area contributed by atoms with Gasteiger partial charge in [-0.3, -0.25) is 9.59 Å². The lowest BCUT2D eigenvalue weighted by Gasteiger charge is -2.35. The first kappa shape index (κ1) is 17.6. The van der Waals surface area contributed by atoms with Crippen LogP contribution in [0.25, 0.3) is 0 Å². The summed E-state index contributed by atoms with van der Waals surface area (Å²) in [5.74, 6) is 1.04. The molecule has 0 aromatic heterocycles. The van der Waals surface area contributed by atoms with Gasteiger partial charge in [0.1, 0.15) is 5.75 Å². The van der Waals surface area contributed by atoms with Gasteiger partial charge in [-0.2, -0.15) is 0 Å². The van der Waals surface area contributed by atoms with E-state index in [0.717, 1.165) is 19.5 Å². The SMILES string of the molecule is COc1cc(NC(C)=O)c(Cl)cc1C(=O)N1CC(C)CC(C)C1. The number of nitrogens with zero attached hydrogens (tertiary/aromatic N) is 1. The number of halogens is 1. The smallest absolute Gasteiger partial charge is 0.257 e. The van der Waals surface area contributed by atoms with Gasteiger partial charge in [0.15, 0.2) is 0 Å². The van der Waals surface area contributed by atoms with Gasteiger partial charge in [0, 0.05) is 26.1 Å². The maximum Gasteiger partial charge on any atom is 0.257 e. The van der Waals surface area contributed by atoms with Crippen LogP contribution in [0.4, 0.5) is 5.69 Å². The predicted molar refractivity (Wildman–Crippen MR) is 91.2 cm³/mol. The van der Waals surface area contributed by atoms with Crippen LogP contribution >= 0.6 is 11.6 Å². The van der Waals surface area contributed by atoms with E-state index in [9.17, 15) is 9.59 Å². The van der Waals surface area contributed by atoms with Crippen molar-refractivity contribution in [1.82, 2.24) is 4.90 Å². The van der Waals surface area contributed by atoms with Crippen molar-refractivity contribution in [2.24, 2.45) is 11.8 Å². The summed E-state index contributed by atoms with van der Waals surface area (Å²) in [6.45, 7) is 7.17. The number of methoxy groups -OCH3 is 1. The normalized spacial score (nSPS) is 21.0. The Morgan fingerprint density at radius 1 is 1.26 bits per heavy atom. The first-order chi connectivity index (χ1) is 10.8. The van der Waals surface area contributed by atoms with Crippen molar-refractivity contribution in [1.29, 1.82) is 0 Å². The minimum atomic E-state index is -0.230. The van der Waals surface area contributed by atoms with E-state index in [-0.39, 0.29) is 11.8 Å². The van der Waals surface area contributed by atoms with Gasteiger partial charge in [0.2, 0.25) is 5.91 Å². The third kappa shape index (κ3) is 4.16. The van der Waals surface area contributed by atoms with Gasteiger partial charge in [-0.1, -0.05) is 25.4 Å². The quantitative estimate of drug-likeness (QED) is 0.918. The number of ether oxygens (including phenoxy) is 1. The fraction of sp³-hybridized carbons (Fsp3) is 0.529. The second kappa shape index (κ2) is 7.21. The molecule has 1 aromatic carbocycles. The Hall–Kier alpha value is -1.75. The number of nitrogens with one attached hydrogen (secondary N) is 1. The number of rotatable bonds is 3. The number of amides is 2. The molecule has 1 N–H and O–H groups in total. The largest absolute Gasteiger partial charge is 0.496 e. The Morgan fingerprint density at radius 2 is 1.87 bits per heavy atom. The second-order valence-corrected chi connectivity index (χ2v) is 6.78. The van der Waals surface area contributed by atoms with Crippen LogP contribution in [-0.2, 0) is 4.79 Å². The lowest BCUT2D eigenvalue weighted by atomic mass is 9.91. The molecular formula is C17H23ClN2O3. The van der Waals surface area contributed by atoms with Crippen LogP contribution in [0.1, 0.15) is 37.6 Å². The molecule has 1 aliphatic rings. The molecule has 1 aliphatic heterocycles. The highest BCUT2D eigenvalue weighted by molar-refractivity contribution is 6.34. The first-order valence-electron chi connectivity index (χ1n) is 7.76. The average molecular weight is 339 g/mol. The maximum atomic E-state index is 12.9. The highest BCUT2D eigenvalue weighted by atomic mass is 35.5. The van der Waals surface area contributed by atoms with Gasteiger partial charge in [0.05, 0.1) is 23.4 Å². The van der Waals surface area contributed by atoms with Crippen LogP contribution in [0.2, 0.25) is 5.02 Å². The number of anilines is 1.